The van der Waals surface area contributed by atoms with Crippen molar-refractivity contribution >= 4 is 49.7 Å². The third-order valence-corrected chi connectivity index (χ3v) is 5.08. The number of alkyl halides is 3. The fourth-order valence-corrected chi connectivity index (χ4v) is 4.33. The lowest BCUT2D eigenvalue weighted by molar-refractivity contribution is -0.382. The topological polar surface area (TPSA) is 43.1 Å². The van der Waals surface area contributed by atoms with Crippen LogP contribution < -0.4 is 0 Å². The van der Waals surface area contributed by atoms with Crippen molar-refractivity contribution in [1.82, 2.24) is 0 Å². The van der Waals surface area contributed by atoms with Gasteiger partial charge in [0.1, 0.15) is 4.70 Å². The Kier molecular flexibility index (Phi) is 3.74. The van der Waals surface area contributed by atoms with Crippen LogP contribution in [0.15, 0.2) is 18.2 Å². The number of rotatable bonds is 2. The summed E-state index contributed by atoms with van der Waals surface area (Å²) in [4.78, 5) is 10.3. The maximum absolute atomic E-state index is 12.8. The molecule has 0 saturated heterocycles. The number of thiophene rings is 1. The van der Waals surface area contributed by atoms with E-state index < -0.39 is 17.0 Å². The fraction of sp³-hybridized carbons (Fsp3) is 0.273. The molecule has 0 radical (unpaired) electrons. The Morgan fingerprint density at radius 2 is 2.05 bits per heavy atom. The number of nitro benzene ring substituents is 1. The molecule has 0 saturated carbocycles. The first kappa shape index (κ1) is 14.5. The van der Waals surface area contributed by atoms with Crippen molar-refractivity contribution in [1.29, 1.82) is 0 Å². The van der Waals surface area contributed by atoms with E-state index in [9.17, 15) is 23.3 Å². The highest BCUT2D eigenvalue weighted by molar-refractivity contribution is 14.1. The predicted octanol–water partition coefficient (Wildman–Crippen LogP) is 5.08. The molecule has 19 heavy (non-hydrogen) atoms. The molecule has 8 heteroatoms. The van der Waals surface area contributed by atoms with Gasteiger partial charge in [0.15, 0.2) is 0 Å². The van der Waals surface area contributed by atoms with Crippen LogP contribution in [0.25, 0.3) is 10.1 Å². The minimum Gasteiger partial charge on any atom is -0.258 e. The SMILES string of the molecule is CC(c1c(I)sc2c([N+](=O)[O-])cccc12)C(F)(F)F. The zero-order valence-electron chi connectivity index (χ0n) is 9.49. The molecule has 2 rings (SSSR count). The van der Waals surface area contributed by atoms with E-state index in [0.717, 1.165) is 18.3 Å². The summed E-state index contributed by atoms with van der Waals surface area (Å²) in [6.07, 6.45) is -4.36. The van der Waals surface area contributed by atoms with E-state index in [1.54, 1.807) is 22.6 Å². The van der Waals surface area contributed by atoms with Gasteiger partial charge in [-0.1, -0.05) is 12.1 Å². The fourth-order valence-electron chi connectivity index (χ4n) is 1.81. The van der Waals surface area contributed by atoms with Gasteiger partial charge in [-0.05, 0) is 35.1 Å². The number of nitro groups is 1. The van der Waals surface area contributed by atoms with Gasteiger partial charge in [0, 0.05) is 11.5 Å². The van der Waals surface area contributed by atoms with Crippen LogP contribution in [-0.2, 0) is 0 Å². The lowest BCUT2D eigenvalue weighted by Crippen LogP contribution is -2.18. The van der Waals surface area contributed by atoms with Crippen LogP contribution in [-0.4, -0.2) is 11.1 Å². The molecule has 1 heterocycles. The van der Waals surface area contributed by atoms with Gasteiger partial charge in [0.25, 0.3) is 5.69 Å². The maximum atomic E-state index is 12.8. The van der Waals surface area contributed by atoms with E-state index in [1.807, 2.05) is 0 Å². The highest BCUT2D eigenvalue weighted by Gasteiger charge is 2.40. The van der Waals surface area contributed by atoms with E-state index in [-0.39, 0.29) is 11.3 Å². The minimum absolute atomic E-state index is 0.122. The summed E-state index contributed by atoms with van der Waals surface area (Å²) < 4.78 is 39.3. The zero-order valence-corrected chi connectivity index (χ0v) is 12.5. The Labute approximate surface area is 123 Å². The summed E-state index contributed by atoms with van der Waals surface area (Å²) in [5.41, 5.74) is -0.0298. The van der Waals surface area contributed by atoms with E-state index in [4.69, 9.17) is 0 Å². The second kappa shape index (κ2) is 4.89. The average Bonchev–Trinajstić information content (AvgIpc) is 2.61. The van der Waals surface area contributed by atoms with E-state index in [2.05, 4.69) is 0 Å². The van der Waals surface area contributed by atoms with Crippen molar-refractivity contribution in [3.63, 3.8) is 0 Å². The van der Waals surface area contributed by atoms with E-state index in [0.29, 0.717) is 13.0 Å². The standard InChI is InChI=1S/C11H7F3INO2S/c1-5(11(12,13)14)8-6-3-2-4-7(16(17)18)9(6)19-10(8)15/h2-5H,1H3. The zero-order chi connectivity index (χ0) is 14.4. The second-order valence-corrected chi connectivity index (χ2v) is 6.80. The van der Waals surface area contributed by atoms with Crippen LogP contribution >= 0.6 is 33.9 Å². The summed E-state index contributed by atoms with van der Waals surface area (Å²) in [5, 5.41) is 11.2. The molecule has 0 amide bonds. The van der Waals surface area contributed by atoms with Gasteiger partial charge < -0.3 is 0 Å². The monoisotopic (exact) mass is 401 g/mol. The van der Waals surface area contributed by atoms with Crippen LogP contribution in [0.1, 0.15) is 18.4 Å². The van der Waals surface area contributed by atoms with Crippen molar-refractivity contribution < 1.29 is 18.1 Å². The Morgan fingerprint density at radius 1 is 1.42 bits per heavy atom. The molecule has 3 nitrogen and oxygen atoms in total. The van der Waals surface area contributed by atoms with E-state index in [1.165, 1.54) is 18.2 Å². The lowest BCUT2D eigenvalue weighted by atomic mass is 10.00. The largest absolute Gasteiger partial charge is 0.395 e. The molecular weight excluding hydrogens is 394 g/mol. The van der Waals surface area contributed by atoms with Crippen LogP contribution in [0, 0.1) is 13.0 Å². The first-order valence-corrected chi connectivity index (χ1v) is 7.05. The number of hydrogen-bond acceptors (Lipinski definition) is 3. The first-order chi connectivity index (χ1) is 8.73. The molecule has 1 unspecified atom stereocenters. The summed E-state index contributed by atoms with van der Waals surface area (Å²) in [6.45, 7) is 1.07. The number of benzene rings is 1. The molecule has 0 aliphatic heterocycles. The molecule has 0 aliphatic carbocycles. The Hall–Kier alpha value is -0.900. The highest BCUT2D eigenvalue weighted by atomic mass is 127. The lowest BCUT2D eigenvalue weighted by Gasteiger charge is -2.15. The predicted molar refractivity (Wildman–Crippen MR) is 75.7 cm³/mol. The molecule has 1 aromatic carbocycles. The van der Waals surface area contributed by atoms with Gasteiger partial charge in [-0.25, -0.2) is 0 Å². The third-order valence-electron chi connectivity index (χ3n) is 2.81. The first-order valence-electron chi connectivity index (χ1n) is 5.15. The summed E-state index contributed by atoms with van der Waals surface area (Å²) in [6, 6.07) is 4.21. The van der Waals surface area contributed by atoms with Gasteiger partial charge in [-0.3, -0.25) is 10.1 Å². The van der Waals surface area contributed by atoms with Gasteiger partial charge >= 0.3 is 6.18 Å². The molecule has 0 bridgehead atoms. The third kappa shape index (κ3) is 2.55. The number of halogens is 4. The minimum atomic E-state index is -4.36. The van der Waals surface area contributed by atoms with Crippen molar-refractivity contribution in [3.8, 4) is 0 Å². The Morgan fingerprint density at radius 3 is 2.58 bits per heavy atom. The average molecular weight is 401 g/mol. The van der Waals surface area contributed by atoms with Crippen LogP contribution in [0.2, 0.25) is 0 Å². The van der Waals surface area contributed by atoms with Gasteiger partial charge in [-0.2, -0.15) is 13.2 Å². The number of non-ortho nitro benzene ring substituents is 1. The molecular formula is C11H7F3INO2S. The van der Waals surface area contributed by atoms with Crippen LogP contribution in [0.4, 0.5) is 18.9 Å². The molecule has 0 aliphatic rings. The second-order valence-electron chi connectivity index (χ2n) is 3.96. The summed E-state index contributed by atoms with van der Waals surface area (Å²) >= 11 is 2.83. The molecule has 2 aromatic rings. The normalized spacial score (nSPS) is 13.7. The van der Waals surface area contributed by atoms with Crippen molar-refractivity contribution in [3.05, 3.63) is 36.8 Å². The molecule has 1 aromatic heterocycles. The number of fused-ring (bicyclic) bond motifs is 1. The molecule has 0 fully saturated rings. The number of hydrogen-bond donors (Lipinski definition) is 0. The smallest absolute Gasteiger partial charge is 0.258 e. The van der Waals surface area contributed by atoms with Crippen LogP contribution in [0.5, 0.6) is 0 Å². The summed E-state index contributed by atoms with van der Waals surface area (Å²) in [5.74, 6) is -1.64. The van der Waals surface area contributed by atoms with E-state index >= 15 is 0 Å². The quantitative estimate of drug-likeness (QED) is 0.400. The summed E-state index contributed by atoms with van der Waals surface area (Å²) in [7, 11) is 0. The van der Waals surface area contributed by atoms with Crippen molar-refractivity contribution in [2.75, 3.05) is 0 Å². The highest BCUT2D eigenvalue weighted by Crippen LogP contribution is 2.45. The van der Waals surface area contributed by atoms with Crippen molar-refractivity contribution in [2.24, 2.45) is 0 Å². The Bertz CT molecular complexity index is 653. The molecule has 1 atom stereocenters. The Balaban J connectivity index is 2.74. The molecule has 102 valence electrons. The van der Waals surface area contributed by atoms with Gasteiger partial charge in [0.05, 0.1) is 13.7 Å². The van der Waals surface area contributed by atoms with Crippen molar-refractivity contribution in [2.45, 2.75) is 19.0 Å². The van der Waals surface area contributed by atoms with Gasteiger partial charge in [-0.15, -0.1) is 11.3 Å². The molecule has 0 spiro atoms. The van der Waals surface area contributed by atoms with Gasteiger partial charge in [0.2, 0.25) is 0 Å². The maximum Gasteiger partial charge on any atom is 0.395 e. The molecule has 0 N–H and O–H groups in total. The number of nitrogens with zero attached hydrogens (tertiary/aromatic N) is 1. The van der Waals surface area contributed by atoms with Crippen LogP contribution in [0.3, 0.4) is 0 Å².